The molecule has 2 amide bonds. The van der Waals surface area contributed by atoms with Crippen LogP contribution in [0.1, 0.15) is 43.2 Å². The molecule has 0 aromatic heterocycles. The van der Waals surface area contributed by atoms with Gasteiger partial charge in [-0.25, -0.2) is 4.79 Å². The fourth-order valence-corrected chi connectivity index (χ4v) is 5.08. The van der Waals surface area contributed by atoms with Crippen molar-refractivity contribution in [2.24, 2.45) is 5.92 Å². The van der Waals surface area contributed by atoms with E-state index in [0.717, 1.165) is 28.7 Å². The minimum absolute atomic E-state index is 0.0734. The van der Waals surface area contributed by atoms with Crippen LogP contribution in [0.2, 0.25) is 0 Å². The van der Waals surface area contributed by atoms with Crippen LogP contribution in [-0.4, -0.2) is 66.9 Å². The number of rotatable bonds is 9. The minimum atomic E-state index is -0.895. The summed E-state index contributed by atoms with van der Waals surface area (Å²) in [5.41, 5.74) is 4.52. The highest BCUT2D eigenvalue weighted by atomic mass is 16.5. The Kier molecular flexibility index (Phi) is 7.70. The van der Waals surface area contributed by atoms with Gasteiger partial charge in [0.2, 0.25) is 5.91 Å². The van der Waals surface area contributed by atoms with Crippen LogP contribution < -0.4 is 5.32 Å². The number of fused-ring (bicyclic) bond motifs is 3. The lowest BCUT2D eigenvalue weighted by atomic mass is 9.98. The molecule has 2 aliphatic rings. The third kappa shape index (κ3) is 5.48. The molecule has 1 unspecified atom stereocenters. The summed E-state index contributed by atoms with van der Waals surface area (Å²) in [5.74, 6) is -1.01. The second-order valence-electron chi connectivity index (χ2n) is 9.26. The Balaban J connectivity index is 1.38. The molecule has 3 atom stereocenters. The third-order valence-corrected chi connectivity index (χ3v) is 7.09. The summed E-state index contributed by atoms with van der Waals surface area (Å²) in [6.07, 6.45) is 0.140. The van der Waals surface area contributed by atoms with Crippen molar-refractivity contribution in [1.82, 2.24) is 10.2 Å². The van der Waals surface area contributed by atoms with Crippen LogP contribution in [-0.2, 0) is 19.1 Å². The maximum Gasteiger partial charge on any atom is 0.407 e. The molecule has 2 aromatic rings. The molecule has 1 aliphatic carbocycles. The van der Waals surface area contributed by atoms with E-state index >= 15 is 0 Å². The molecule has 8 nitrogen and oxygen atoms in total. The number of hydrogen-bond donors (Lipinski definition) is 2. The van der Waals surface area contributed by atoms with E-state index in [1.807, 2.05) is 24.3 Å². The van der Waals surface area contributed by atoms with Crippen molar-refractivity contribution in [2.75, 3.05) is 26.8 Å². The zero-order chi connectivity index (χ0) is 24.9. The first kappa shape index (κ1) is 24.7. The van der Waals surface area contributed by atoms with Crippen molar-refractivity contribution in [1.29, 1.82) is 0 Å². The molecule has 1 fully saturated rings. The van der Waals surface area contributed by atoms with Crippen LogP contribution in [0.4, 0.5) is 4.79 Å². The first-order valence-corrected chi connectivity index (χ1v) is 12.0. The maximum atomic E-state index is 13.2. The molecule has 1 aliphatic heterocycles. The molecule has 0 spiro atoms. The van der Waals surface area contributed by atoms with Crippen LogP contribution in [0.3, 0.4) is 0 Å². The highest BCUT2D eigenvalue weighted by Gasteiger charge is 2.36. The van der Waals surface area contributed by atoms with E-state index in [1.165, 1.54) is 7.11 Å². The van der Waals surface area contributed by atoms with Gasteiger partial charge in [0.25, 0.3) is 0 Å². The van der Waals surface area contributed by atoms with Crippen molar-refractivity contribution in [3.05, 3.63) is 59.7 Å². The third-order valence-electron chi connectivity index (χ3n) is 7.09. The SMILES string of the molecule is CO[C@H](C)[C@H](NC(=O)OCC1c2ccccc2-c2ccccc21)C(=O)N1CCC(CCC(=O)O)C1. The lowest BCUT2D eigenvalue weighted by Crippen LogP contribution is -2.54. The summed E-state index contributed by atoms with van der Waals surface area (Å²) < 4.78 is 11.0. The number of benzene rings is 2. The van der Waals surface area contributed by atoms with Gasteiger partial charge in [0.05, 0.1) is 6.10 Å². The number of amides is 2. The van der Waals surface area contributed by atoms with E-state index < -0.39 is 24.2 Å². The Bertz CT molecular complexity index is 1040. The van der Waals surface area contributed by atoms with Crippen LogP contribution >= 0.6 is 0 Å². The van der Waals surface area contributed by atoms with Gasteiger partial charge in [-0.05, 0) is 47.9 Å². The van der Waals surface area contributed by atoms with Crippen molar-refractivity contribution < 1.29 is 29.0 Å². The van der Waals surface area contributed by atoms with Gasteiger partial charge in [0, 0.05) is 32.5 Å². The van der Waals surface area contributed by atoms with Crippen LogP contribution in [0.25, 0.3) is 11.1 Å². The molecule has 0 bridgehead atoms. The molecule has 1 heterocycles. The Labute approximate surface area is 205 Å². The molecule has 186 valence electrons. The molecule has 4 rings (SSSR count). The number of nitrogens with zero attached hydrogens (tertiary/aromatic N) is 1. The second kappa shape index (κ2) is 10.9. The molecule has 1 saturated heterocycles. The number of alkyl carbamates (subject to hydrolysis) is 1. The molecule has 2 N–H and O–H groups in total. The molecule has 0 saturated carbocycles. The van der Waals surface area contributed by atoms with E-state index in [-0.39, 0.29) is 30.8 Å². The van der Waals surface area contributed by atoms with Crippen LogP contribution in [0, 0.1) is 5.92 Å². The number of ether oxygens (including phenoxy) is 2. The smallest absolute Gasteiger partial charge is 0.407 e. The average Bonchev–Trinajstić information content (AvgIpc) is 3.47. The predicted molar refractivity (Wildman–Crippen MR) is 130 cm³/mol. The Morgan fingerprint density at radius 3 is 2.31 bits per heavy atom. The quantitative estimate of drug-likeness (QED) is 0.568. The highest BCUT2D eigenvalue weighted by Crippen LogP contribution is 2.44. The first-order valence-electron chi connectivity index (χ1n) is 12.0. The molecule has 35 heavy (non-hydrogen) atoms. The number of hydrogen-bond acceptors (Lipinski definition) is 5. The first-order chi connectivity index (χ1) is 16.9. The lowest BCUT2D eigenvalue weighted by molar-refractivity contribution is -0.137. The summed E-state index contributed by atoms with van der Waals surface area (Å²) in [6, 6.07) is 15.3. The average molecular weight is 481 g/mol. The van der Waals surface area contributed by atoms with Gasteiger partial charge in [-0.2, -0.15) is 0 Å². The van der Waals surface area contributed by atoms with Gasteiger partial charge in [-0.15, -0.1) is 0 Å². The fourth-order valence-electron chi connectivity index (χ4n) is 5.08. The number of likely N-dealkylation sites (tertiary alicyclic amines) is 1. The number of carboxylic acids is 1. The van der Waals surface area contributed by atoms with E-state index in [1.54, 1.807) is 11.8 Å². The molecule has 0 radical (unpaired) electrons. The Morgan fingerprint density at radius 2 is 1.71 bits per heavy atom. The molecular formula is C27H32N2O6. The molecule has 8 heteroatoms. The fraction of sp³-hybridized carbons (Fsp3) is 0.444. The van der Waals surface area contributed by atoms with E-state index in [4.69, 9.17) is 14.6 Å². The van der Waals surface area contributed by atoms with Gasteiger partial charge >= 0.3 is 12.1 Å². The van der Waals surface area contributed by atoms with E-state index in [9.17, 15) is 14.4 Å². The van der Waals surface area contributed by atoms with Crippen LogP contribution in [0.5, 0.6) is 0 Å². The zero-order valence-corrected chi connectivity index (χ0v) is 20.1. The summed E-state index contributed by atoms with van der Waals surface area (Å²) in [6.45, 7) is 2.89. The van der Waals surface area contributed by atoms with E-state index in [2.05, 4.69) is 29.6 Å². The number of aliphatic carboxylic acids is 1. The van der Waals surface area contributed by atoms with Crippen molar-refractivity contribution >= 4 is 18.0 Å². The zero-order valence-electron chi connectivity index (χ0n) is 20.1. The monoisotopic (exact) mass is 480 g/mol. The topological polar surface area (TPSA) is 105 Å². The predicted octanol–water partition coefficient (Wildman–Crippen LogP) is 3.64. The number of carbonyl (C=O) groups is 3. The Hall–Kier alpha value is -3.39. The second-order valence-corrected chi connectivity index (χ2v) is 9.26. The summed E-state index contributed by atoms with van der Waals surface area (Å²) >= 11 is 0. The van der Waals surface area contributed by atoms with Crippen molar-refractivity contribution in [3.63, 3.8) is 0 Å². The summed E-state index contributed by atoms with van der Waals surface area (Å²) in [4.78, 5) is 38.5. The summed E-state index contributed by atoms with van der Waals surface area (Å²) in [5, 5.41) is 11.6. The molecular weight excluding hydrogens is 448 g/mol. The van der Waals surface area contributed by atoms with E-state index in [0.29, 0.717) is 19.5 Å². The number of nitrogens with one attached hydrogen (secondary N) is 1. The van der Waals surface area contributed by atoms with Gasteiger partial charge < -0.3 is 24.8 Å². The lowest BCUT2D eigenvalue weighted by Gasteiger charge is -2.28. The van der Waals surface area contributed by atoms with Gasteiger partial charge in [-0.1, -0.05) is 48.5 Å². The summed E-state index contributed by atoms with van der Waals surface area (Å²) in [7, 11) is 1.49. The largest absolute Gasteiger partial charge is 0.481 e. The normalized spacial score (nSPS) is 18.5. The number of carboxylic acid groups (broad SMARTS) is 1. The standard InChI is InChI=1S/C27H32N2O6/c1-17(34-2)25(26(32)29-14-13-18(15-29)11-12-24(30)31)28-27(33)35-16-23-21-9-5-3-7-19(21)20-8-4-6-10-22(20)23/h3-10,17-18,23,25H,11-16H2,1-2H3,(H,28,33)(H,30,31)/t17-,18?,25+/m1/s1. The van der Waals surface area contributed by atoms with Gasteiger partial charge in [0.15, 0.2) is 0 Å². The van der Waals surface area contributed by atoms with Gasteiger partial charge in [-0.3, -0.25) is 9.59 Å². The maximum absolute atomic E-state index is 13.2. The van der Waals surface area contributed by atoms with Gasteiger partial charge in [0.1, 0.15) is 12.6 Å². The minimum Gasteiger partial charge on any atom is -0.481 e. The van der Waals surface area contributed by atoms with Crippen molar-refractivity contribution in [2.45, 2.75) is 44.2 Å². The molecule has 2 aromatic carbocycles. The van der Waals surface area contributed by atoms with Crippen LogP contribution in [0.15, 0.2) is 48.5 Å². The van der Waals surface area contributed by atoms with Crippen molar-refractivity contribution in [3.8, 4) is 11.1 Å². The number of carbonyl (C=O) groups excluding carboxylic acids is 2. The highest BCUT2D eigenvalue weighted by molar-refractivity contribution is 5.86. The Morgan fingerprint density at radius 1 is 1.09 bits per heavy atom. The number of methoxy groups -OCH3 is 1.